The highest BCUT2D eigenvalue weighted by Gasteiger charge is 2.21. The predicted octanol–water partition coefficient (Wildman–Crippen LogP) is 3.69. The van der Waals surface area contributed by atoms with E-state index in [9.17, 15) is 9.59 Å². The van der Waals surface area contributed by atoms with Crippen molar-refractivity contribution in [3.8, 4) is 0 Å². The van der Waals surface area contributed by atoms with E-state index in [-0.39, 0.29) is 11.8 Å². The molecule has 1 aromatic heterocycles. The second-order valence-corrected chi connectivity index (χ2v) is 6.79. The van der Waals surface area contributed by atoms with Crippen LogP contribution in [0.4, 0.5) is 5.69 Å². The van der Waals surface area contributed by atoms with Gasteiger partial charge in [0.2, 0.25) is 11.8 Å². The highest BCUT2D eigenvalue weighted by Crippen LogP contribution is 2.21. The summed E-state index contributed by atoms with van der Waals surface area (Å²) < 4.78 is 0. The largest absolute Gasteiger partial charge is 0.348 e. The maximum absolute atomic E-state index is 12.2. The maximum atomic E-state index is 12.2. The average molecular weight is 371 g/mol. The fraction of sp³-hybridized carbons (Fsp3) is 0.174. The van der Waals surface area contributed by atoms with Crippen LogP contribution in [0.5, 0.6) is 0 Å². The van der Waals surface area contributed by atoms with Gasteiger partial charge in [0.15, 0.2) is 0 Å². The first kappa shape index (κ1) is 17.9. The number of aromatic nitrogens is 1. The molecule has 1 N–H and O–H groups in total. The Hall–Kier alpha value is -3.47. The van der Waals surface area contributed by atoms with Crippen LogP contribution in [0.15, 0.2) is 66.9 Å². The molecule has 1 saturated heterocycles. The molecule has 0 radical (unpaired) electrons. The molecule has 1 aliphatic heterocycles. The Kier molecular flexibility index (Phi) is 5.15. The fourth-order valence-electron chi connectivity index (χ4n) is 3.39. The van der Waals surface area contributed by atoms with E-state index >= 15 is 0 Å². The van der Waals surface area contributed by atoms with Crippen LogP contribution in [-0.2, 0) is 16.1 Å². The van der Waals surface area contributed by atoms with Crippen molar-refractivity contribution in [2.75, 3.05) is 11.4 Å². The van der Waals surface area contributed by atoms with Gasteiger partial charge in [-0.2, -0.15) is 0 Å². The van der Waals surface area contributed by atoms with Crippen LogP contribution in [-0.4, -0.2) is 23.3 Å². The van der Waals surface area contributed by atoms with Crippen LogP contribution in [0.3, 0.4) is 0 Å². The molecule has 3 aromatic rings. The van der Waals surface area contributed by atoms with Crippen LogP contribution in [0.2, 0.25) is 0 Å². The van der Waals surface area contributed by atoms with Crippen molar-refractivity contribution in [3.05, 3.63) is 78.0 Å². The zero-order valence-corrected chi connectivity index (χ0v) is 15.5. The molecule has 0 saturated carbocycles. The smallest absolute Gasteiger partial charge is 0.244 e. The molecule has 2 heterocycles. The number of amides is 2. The lowest BCUT2D eigenvalue weighted by Gasteiger charge is -2.15. The zero-order chi connectivity index (χ0) is 19.3. The number of nitrogens with one attached hydrogen (secondary N) is 1. The third kappa shape index (κ3) is 3.93. The molecule has 2 amide bonds. The van der Waals surface area contributed by atoms with Gasteiger partial charge in [-0.15, -0.1) is 0 Å². The highest BCUT2D eigenvalue weighted by atomic mass is 16.2. The fourth-order valence-corrected chi connectivity index (χ4v) is 3.39. The number of hydrogen-bond donors (Lipinski definition) is 1. The summed E-state index contributed by atoms with van der Waals surface area (Å²) in [7, 11) is 0. The summed E-state index contributed by atoms with van der Waals surface area (Å²) in [5.41, 5.74) is 3.69. The second kappa shape index (κ2) is 8.05. The lowest BCUT2D eigenvalue weighted by atomic mass is 10.1. The van der Waals surface area contributed by atoms with Gasteiger partial charge in [0.05, 0.1) is 5.52 Å². The van der Waals surface area contributed by atoms with Crippen molar-refractivity contribution in [2.45, 2.75) is 19.4 Å². The second-order valence-electron chi connectivity index (χ2n) is 6.79. The number of carbonyl (C=O) groups excluding carboxylic acids is 2. The molecule has 0 spiro atoms. The number of para-hydroxylation sites is 1. The Morgan fingerprint density at radius 1 is 1.11 bits per heavy atom. The van der Waals surface area contributed by atoms with Gasteiger partial charge in [0.1, 0.15) is 0 Å². The Labute approximate surface area is 163 Å². The van der Waals surface area contributed by atoms with Crippen molar-refractivity contribution >= 4 is 34.5 Å². The molecule has 28 heavy (non-hydrogen) atoms. The molecule has 5 heteroatoms. The van der Waals surface area contributed by atoms with Crippen molar-refractivity contribution in [1.29, 1.82) is 0 Å². The lowest BCUT2D eigenvalue weighted by Crippen LogP contribution is -2.23. The van der Waals surface area contributed by atoms with E-state index in [1.54, 1.807) is 12.3 Å². The van der Waals surface area contributed by atoms with Gasteiger partial charge in [-0.1, -0.05) is 36.4 Å². The normalized spacial score (nSPS) is 14.1. The Morgan fingerprint density at radius 2 is 1.93 bits per heavy atom. The highest BCUT2D eigenvalue weighted by molar-refractivity contribution is 5.96. The summed E-state index contributed by atoms with van der Waals surface area (Å²) in [6.07, 6.45) is 6.60. The summed E-state index contributed by atoms with van der Waals surface area (Å²) in [5, 5.41) is 3.93. The average Bonchev–Trinajstić information content (AvgIpc) is 3.17. The maximum Gasteiger partial charge on any atom is 0.244 e. The quantitative estimate of drug-likeness (QED) is 0.696. The number of pyridine rings is 1. The minimum Gasteiger partial charge on any atom is -0.348 e. The van der Waals surface area contributed by atoms with Crippen LogP contribution in [0.25, 0.3) is 17.0 Å². The molecule has 0 atom stereocenters. The van der Waals surface area contributed by atoms with Crippen LogP contribution in [0.1, 0.15) is 24.0 Å². The number of hydrogen-bond acceptors (Lipinski definition) is 3. The standard InChI is InChI=1S/C23H21N3O2/c27-21(13-10-19-5-1-4-18-6-2-14-24-23(18)19)25-16-17-8-11-20(12-9-17)26-15-3-7-22(26)28/h1-2,4-6,8-14H,3,7,15-16H2,(H,25,27). The molecule has 4 rings (SSSR count). The van der Waals surface area contributed by atoms with Crippen molar-refractivity contribution in [3.63, 3.8) is 0 Å². The summed E-state index contributed by atoms with van der Waals surface area (Å²) in [4.78, 5) is 30.2. The van der Waals surface area contributed by atoms with E-state index in [2.05, 4.69) is 10.3 Å². The molecule has 0 unspecified atom stereocenters. The number of nitrogens with zero attached hydrogens (tertiary/aromatic N) is 2. The third-order valence-corrected chi connectivity index (χ3v) is 4.87. The minimum atomic E-state index is -0.160. The molecule has 0 aliphatic carbocycles. The van der Waals surface area contributed by atoms with Crippen LogP contribution in [0, 0.1) is 0 Å². The minimum absolute atomic E-state index is 0.160. The number of rotatable bonds is 5. The molecule has 0 bridgehead atoms. The molecule has 1 aliphatic rings. The first-order chi connectivity index (χ1) is 13.7. The molecule has 5 nitrogen and oxygen atoms in total. The van der Waals surface area contributed by atoms with E-state index in [0.29, 0.717) is 13.0 Å². The van der Waals surface area contributed by atoms with Crippen molar-refractivity contribution in [2.24, 2.45) is 0 Å². The molecule has 140 valence electrons. The number of fused-ring (bicyclic) bond motifs is 1. The van der Waals surface area contributed by atoms with Gasteiger partial charge >= 0.3 is 0 Å². The predicted molar refractivity (Wildman–Crippen MR) is 111 cm³/mol. The summed E-state index contributed by atoms with van der Waals surface area (Å²) >= 11 is 0. The topological polar surface area (TPSA) is 62.3 Å². The number of carbonyl (C=O) groups is 2. The van der Waals surface area contributed by atoms with Gasteiger partial charge in [0.25, 0.3) is 0 Å². The monoisotopic (exact) mass is 371 g/mol. The van der Waals surface area contributed by atoms with Gasteiger partial charge in [0, 0.05) is 48.4 Å². The van der Waals surface area contributed by atoms with Crippen molar-refractivity contribution in [1.82, 2.24) is 10.3 Å². The Bertz CT molecular complexity index is 1040. The molecular weight excluding hydrogens is 350 g/mol. The van der Waals surface area contributed by atoms with Crippen LogP contribution >= 0.6 is 0 Å². The molecular formula is C23H21N3O2. The molecule has 1 fully saturated rings. The van der Waals surface area contributed by atoms with Gasteiger partial charge < -0.3 is 10.2 Å². The van der Waals surface area contributed by atoms with E-state index < -0.39 is 0 Å². The number of benzene rings is 2. The SMILES string of the molecule is O=C(C=Cc1cccc2cccnc12)NCc1ccc(N2CCCC2=O)cc1. The van der Waals surface area contributed by atoms with E-state index in [4.69, 9.17) is 0 Å². The lowest BCUT2D eigenvalue weighted by molar-refractivity contribution is -0.117. The van der Waals surface area contributed by atoms with E-state index in [1.807, 2.05) is 59.5 Å². The summed E-state index contributed by atoms with van der Waals surface area (Å²) in [5.74, 6) is 0.0147. The Balaban J connectivity index is 1.36. The number of anilines is 1. The Morgan fingerprint density at radius 3 is 2.71 bits per heavy atom. The van der Waals surface area contributed by atoms with Crippen molar-refractivity contribution < 1.29 is 9.59 Å². The van der Waals surface area contributed by atoms with Gasteiger partial charge in [-0.05, 0) is 36.3 Å². The van der Waals surface area contributed by atoms with Gasteiger partial charge in [-0.25, -0.2) is 0 Å². The summed E-state index contributed by atoms with van der Waals surface area (Å²) in [6.45, 7) is 1.22. The van der Waals surface area contributed by atoms with Gasteiger partial charge in [-0.3, -0.25) is 14.6 Å². The third-order valence-electron chi connectivity index (χ3n) is 4.87. The zero-order valence-electron chi connectivity index (χ0n) is 15.5. The van der Waals surface area contributed by atoms with E-state index in [1.165, 1.54) is 6.08 Å². The summed E-state index contributed by atoms with van der Waals surface area (Å²) in [6, 6.07) is 17.5. The first-order valence-electron chi connectivity index (χ1n) is 9.40. The first-order valence-corrected chi connectivity index (χ1v) is 9.40. The molecule has 2 aromatic carbocycles. The van der Waals surface area contributed by atoms with E-state index in [0.717, 1.165) is 40.7 Å². The van der Waals surface area contributed by atoms with Crippen LogP contribution < -0.4 is 10.2 Å².